The zero-order chi connectivity index (χ0) is 19.2. The number of nitrogens with one attached hydrogen (secondary N) is 1. The largest absolute Gasteiger partial charge is 0.325 e. The summed E-state index contributed by atoms with van der Waals surface area (Å²) in [5.41, 5.74) is 2.18. The number of carbonyl (C=O) groups excluding carboxylic acids is 2. The molecular formula is C20H20N4O2S. The van der Waals surface area contributed by atoms with Gasteiger partial charge in [-0.2, -0.15) is 0 Å². The van der Waals surface area contributed by atoms with Crippen LogP contribution in [0.4, 0.5) is 5.69 Å². The molecule has 1 N–H and O–H groups in total. The number of amides is 1. The summed E-state index contributed by atoms with van der Waals surface area (Å²) in [6.45, 7) is 1.48. The van der Waals surface area contributed by atoms with Crippen LogP contribution in [0.15, 0.2) is 59.8 Å². The summed E-state index contributed by atoms with van der Waals surface area (Å²) in [5, 5.41) is 11.9. The molecule has 0 bridgehead atoms. The van der Waals surface area contributed by atoms with Crippen molar-refractivity contribution in [2.75, 3.05) is 11.1 Å². The predicted octanol–water partition coefficient (Wildman–Crippen LogP) is 3.34. The zero-order valence-corrected chi connectivity index (χ0v) is 16.0. The Kier molecular flexibility index (Phi) is 6.03. The van der Waals surface area contributed by atoms with Gasteiger partial charge < -0.3 is 9.88 Å². The first-order valence-corrected chi connectivity index (χ1v) is 9.48. The maximum Gasteiger partial charge on any atom is 0.234 e. The van der Waals surface area contributed by atoms with E-state index in [1.807, 2.05) is 41.9 Å². The van der Waals surface area contributed by atoms with Gasteiger partial charge in [0.15, 0.2) is 10.9 Å². The van der Waals surface area contributed by atoms with E-state index >= 15 is 0 Å². The average Bonchev–Trinajstić information content (AvgIpc) is 3.01. The minimum atomic E-state index is -0.193. The smallest absolute Gasteiger partial charge is 0.234 e. The minimum Gasteiger partial charge on any atom is -0.325 e. The van der Waals surface area contributed by atoms with Crippen LogP contribution in [0.5, 0.6) is 0 Å². The maximum absolute atomic E-state index is 12.3. The van der Waals surface area contributed by atoms with Gasteiger partial charge in [0.25, 0.3) is 0 Å². The molecule has 0 aliphatic carbocycles. The highest BCUT2D eigenvalue weighted by Gasteiger charge is 2.13. The Morgan fingerprint density at radius 1 is 1.04 bits per heavy atom. The molecule has 138 valence electrons. The summed E-state index contributed by atoms with van der Waals surface area (Å²) in [6.07, 6.45) is 0.684. The van der Waals surface area contributed by atoms with Crippen LogP contribution in [0, 0.1) is 0 Å². The standard InChI is InChI=1S/C20H20N4O2S/c1-14(25)16-10-6-7-11-17(16)21-19(26)13-27-20-23-22-18(24(20)2)12-15-8-4-3-5-9-15/h3-11H,12-13H2,1-2H3,(H,21,26). The topological polar surface area (TPSA) is 76.9 Å². The summed E-state index contributed by atoms with van der Waals surface area (Å²) in [5.74, 6) is 0.744. The van der Waals surface area contributed by atoms with Crippen molar-refractivity contribution in [1.29, 1.82) is 0 Å². The molecule has 0 unspecified atom stereocenters. The van der Waals surface area contributed by atoms with Crippen LogP contribution in [-0.4, -0.2) is 32.2 Å². The molecule has 7 heteroatoms. The second-order valence-corrected chi connectivity index (χ2v) is 7.00. The highest BCUT2D eigenvalue weighted by molar-refractivity contribution is 7.99. The number of hydrogen-bond acceptors (Lipinski definition) is 5. The van der Waals surface area contributed by atoms with E-state index in [1.165, 1.54) is 18.7 Å². The zero-order valence-electron chi connectivity index (χ0n) is 15.2. The number of Topliss-reactive ketones (excluding diaryl/α,β-unsaturated/α-hetero) is 1. The van der Waals surface area contributed by atoms with Crippen molar-refractivity contribution in [3.63, 3.8) is 0 Å². The molecule has 3 rings (SSSR count). The first-order valence-electron chi connectivity index (χ1n) is 8.49. The maximum atomic E-state index is 12.3. The number of aromatic nitrogens is 3. The molecule has 0 spiro atoms. The van der Waals surface area contributed by atoms with Gasteiger partial charge in [0.1, 0.15) is 5.82 Å². The van der Waals surface area contributed by atoms with E-state index in [-0.39, 0.29) is 17.4 Å². The van der Waals surface area contributed by atoms with Crippen molar-refractivity contribution < 1.29 is 9.59 Å². The Morgan fingerprint density at radius 3 is 2.48 bits per heavy atom. The number of hydrogen-bond donors (Lipinski definition) is 1. The number of para-hydroxylation sites is 1. The molecule has 1 amide bonds. The number of nitrogens with zero attached hydrogens (tertiary/aromatic N) is 3. The lowest BCUT2D eigenvalue weighted by atomic mass is 10.1. The monoisotopic (exact) mass is 380 g/mol. The molecule has 1 aromatic heterocycles. The third kappa shape index (κ3) is 4.83. The molecule has 0 atom stereocenters. The first-order chi connectivity index (χ1) is 13.0. The lowest BCUT2D eigenvalue weighted by Crippen LogP contribution is -2.16. The molecule has 0 aliphatic heterocycles. The number of carbonyl (C=O) groups is 2. The van der Waals surface area contributed by atoms with Crippen LogP contribution in [0.3, 0.4) is 0 Å². The Balaban J connectivity index is 1.61. The molecule has 0 fully saturated rings. The lowest BCUT2D eigenvalue weighted by molar-refractivity contribution is -0.113. The third-order valence-electron chi connectivity index (χ3n) is 4.04. The van der Waals surface area contributed by atoms with Crippen LogP contribution in [-0.2, 0) is 18.3 Å². The molecule has 0 saturated carbocycles. The molecule has 3 aromatic rings. The van der Waals surface area contributed by atoms with E-state index in [0.717, 1.165) is 11.4 Å². The fraction of sp³-hybridized carbons (Fsp3) is 0.200. The van der Waals surface area contributed by atoms with E-state index in [9.17, 15) is 9.59 Å². The highest BCUT2D eigenvalue weighted by atomic mass is 32.2. The van der Waals surface area contributed by atoms with E-state index < -0.39 is 0 Å². The summed E-state index contributed by atoms with van der Waals surface area (Å²) in [4.78, 5) is 23.9. The van der Waals surface area contributed by atoms with E-state index in [2.05, 4.69) is 15.5 Å². The van der Waals surface area contributed by atoms with Gasteiger partial charge in [0.05, 0.1) is 11.4 Å². The van der Waals surface area contributed by atoms with E-state index in [0.29, 0.717) is 22.8 Å². The van der Waals surface area contributed by atoms with Gasteiger partial charge in [-0.15, -0.1) is 10.2 Å². The summed E-state index contributed by atoms with van der Waals surface area (Å²) < 4.78 is 1.90. The number of benzene rings is 2. The minimum absolute atomic E-state index is 0.0857. The number of anilines is 1. The van der Waals surface area contributed by atoms with Crippen LogP contribution in [0.1, 0.15) is 28.7 Å². The Labute approximate surface area is 162 Å². The number of rotatable bonds is 7. The van der Waals surface area contributed by atoms with E-state index in [1.54, 1.807) is 24.3 Å². The van der Waals surface area contributed by atoms with Gasteiger partial charge in [-0.3, -0.25) is 9.59 Å². The lowest BCUT2D eigenvalue weighted by Gasteiger charge is -2.09. The second-order valence-electron chi connectivity index (χ2n) is 6.06. The molecule has 27 heavy (non-hydrogen) atoms. The van der Waals surface area contributed by atoms with Crippen LogP contribution < -0.4 is 5.32 Å². The Morgan fingerprint density at radius 2 is 1.74 bits per heavy atom. The fourth-order valence-corrected chi connectivity index (χ4v) is 3.35. The van der Waals surface area contributed by atoms with Crippen molar-refractivity contribution >= 4 is 29.1 Å². The van der Waals surface area contributed by atoms with Crippen molar-refractivity contribution in [2.24, 2.45) is 7.05 Å². The van der Waals surface area contributed by atoms with Crippen LogP contribution in [0.2, 0.25) is 0 Å². The van der Waals surface area contributed by atoms with Gasteiger partial charge >= 0.3 is 0 Å². The predicted molar refractivity (Wildman–Crippen MR) is 106 cm³/mol. The van der Waals surface area contributed by atoms with Crippen molar-refractivity contribution in [2.45, 2.75) is 18.5 Å². The molecule has 0 saturated heterocycles. The van der Waals surface area contributed by atoms with Gasteiger partial charge in [-0.1, -0.05) is 54.2 Å². The molecule has 2 aromatic carbocycles. The van der Waals surface area contributed by atoms with Gasteiger partial charge in [-0.05, 0) is 24.6 Å². The summed E-state index contributed by atoms with van der Waals surface area (Å²) in [7, 11) is 1.89. The molecule has 6 nitrogen and oxygen atoms in total. The molecule has 1 heterocycles. The Hall–Kier alpha value is -2.93. The first kappa shape index (κ1) is 18.8. The Bertz CT molecular complexity index is 954. The summed E-state index contributed by atoms with van der Waals surface area (Å²) in [6, 6.07) is 17.0. The fourth-order valence-electron chi connectivity index (χ4n) is 2.62. The average molecular weight is 380 g/mol. The number of ketones is 1. The second kappa shape index (κ2) is 8.64. The van der Waals surface area contributed by atoms with Gasteiger partial charge in [0.2, 0.25) is 5.91 Å². The van der Waals surface area contributed by atoms with Crippen molar-refractivity contribution in [3.05, 3.63) is 71.5 Å². The normalized spacial score (nSPS) is 10.6. The van der Waals surface area contributed by atoms with Crippen molar-refractivity contribution in [3.8, 4) is 0 Å². The molecule has 0 aliphatic rings. The molecule has 0 radical (unpaired) electrons. The van der Waals surface area contributed by atoms with Gasteiger partial charge in [-0.25, -0.2) is 0 Å². The van der Waals surface area contributed by atoms with Crippen molar-refractivity contribution in [1.82, 2.24) is 14.8 Å². The quantitative estimate of drug-likeness (QED) is 0.502. The van der Waals surface area contributed by atoms with Crippen LogP contribution >= 0.6 is 11.8 Å². The SMILES string of the molecule is CC(=O)c1ccccc1NC(=O)CSc1nnc(Cc2ccccc2)n1C. The van der Waals surface area contributed by atoms with Crippen LogP contribution in [0.25, 0.3) is 0 Å². The third-order valence-corrected chi connectivity index (χ3v) is 5.06. The van der Waals surface area contributed by atoms with E-state index in [4.69, 9.17) is 0 Å². The number of thioether (sulfide) groups is 1. The highest BCUT2D eigenvalue weighted by Crippen LogP contribution is 2.19. The van der Waals surface area contributed by atoms with Gasteiger partial charge in [0, 0.05) is 19.0 Å². The molecular weight excluding hydrogens is 360 g/mol. The summed E-state index contributed by atoms with van der Waals surface area (Å²) >= 11 is 1.31.